The monoisotopic (exact) mass is 345 g/mol. The first-order valence-corrected chi connectivity index (χ1v) is 9.09. The van der Waals surface area contributed by atoms with Crippen LogP contribution in [0, 0.1) is 0 Å². The van der Waals surface area contributed by atoms with Crippen LogP contribution >= 0.6 is 23.1 Å². The Morgan fingerprint density at radius 3 is 2.52 bits per heavy atom. The Morgan fingerprint density at radius 2 is 1.95 bits per heavy atom. The first-order valence-electron chi connectivity index (χ1n) is 6.28. The molecule has 2 aromatic rings. The molecule has 0 bridgehead atoms. The maximum absolute atomic E-state index is 12.1. The van der Waals surface area contributed by atoms with Gasteiger partial charge < -0.3 is 10.6 Å². The number of anilines is 2. The van der Waals surface area contributed by atoms with E-state index < -0.39 is 9.84 Å². The molecule has 0 amide bonds. The predicted octanol–water partition coefficient (Wildman–Crippen LogP) is 2.81. The van der Waals surface area contributed by atoms with Gasteiger partial charge in [-0.05, 0) is 29.2 Å². The first-order chi connectivity index (χ1) is 9.85. The van der Waals surface area contributed by atoms with Crippen molar-refractivity contribution in [2.75, 3.05) is 23.4 Å². The van der Waals surface area contributed by atoms with Crippen molar-refractivity contribution in [2.24, 2.45) is 0 Å². The van der Waals surface area contributed by atoms with Gasteiger partial charge in [0.1, 0.15) is 9.90 Å². The fourth-order valence-electron chi connectivity index (χ4n) is 1.90. The standard InChI is InChI=1S/C13H16ClN3O2S2/c1-3-21(18,19)11-12(15)16-20-13(11)17(2)8-9-4-6-10(14)7-5-9/h4-7H,3,8H2,1-2H3,(H2,15,16). The number of rotatable bonds is 5. The summed E-state index contributed by atoms with van der Waals surface area (Å²) in [6.07, 6.45) is 0. The summed E-state index contributed by atoms with van der Waals surface area (Å²) in [5, 5.41) is 1.22. The van der Waals surface area contributed by atoms with E-state index in [1.807, 2.05) is 24.1 Å². The van der Waals surface area contributed by atoms with E-state index in [1.165, 1.54) is 0 Å². The van der Waals surface area contributed by atoms with Crippen LogP contribution in [0.3, 0.4) is 0 Å². The normalized spacial score (nSPS) is 11.6. The van der Waals surface area contributed by atoms with Crippen LogP contribution < -0.4 is 10.6 Å². The van der Waals surface area contributed by atoms with Gasteiger partial charge in [0.2, 0.25) is 0 Å². The average molecular weight is 346 g/mol. The van der Waals surface area contributed by atoms with Gasteiger partial charge in [0.25, 0.3) is 0 Å². The van der Waals surface area contributed by atoms with Crippen molar-refractivity contribution in [3.63, 3.8) is 0 Å². The lowest BCUT2D eigenvalue weighted by molar-refractivity contribution is 0.597. The van der Waals surface area contributed by atoms with Gasteiger partial charge in [-0.25, -0.2) is 8.42 Å². The van der Waals surface area contributed by atoms with E-state index in [9.17, 15) is 8.42 Å². The van der Waals surface area contributed by atoms with Crippen LogP contribution in [0.15, 0.2) is 29.2 Å². The number of nitrogen functional groups attached to an aromatic ring is 1. The van der Waals surface area contributed by atoms with Crippen molar-refractivity contribution in [3.05, 3.63) is 34.9 Å². The largest absolute Gasteiger partial charge is 0.382 e. The lowest BCUT2D eigenvalue weighted by atomic mass is 10.2. The topological polar surface area (TPSA) is 76.3 Å². The minimum atomic E-state index is -3.40. The van der Waals surface area contributed by atoms with Crippen LogP contribution in [0.4, 0.5) is 10.8 Å². The van der Waals surface area contributed by atoms with Gasteiger partial charge in [-0.15, -0.1) is 0 Å². The van der Waals surface area contributed by atoms with E-state index in [1.54, 1.807) is 19.1 Å². The molecule has 5 nitrogen and oxygen atoms in total. The summed E-state index contributed by atoms with van der Waals surface area (Å²) in [5.74, 6) is 0.0667. The molecule has 114 valence electrons. The Labute approximate surface area is 133 Å². The molecule has 0 saturated heterocycles. The van der Waals surface area contributed by atoms with Gasteiger partial charge in [-0.1, -0.05) is 30.7 Å². The van der Waals surface area contributed by atoms with Gasteiger partial charge in [-0.3, -0.25) is 0 Å². The Bertz CT molecular complexity index is 726. The Hall–Kier alpha value is -1.31. The van der Waals surface area contributed by atoms with Crippen molar-refractivity contribution in [3.8, 4) is 0 Å². The molecular weight excluding hydrogens is 330 g/mol. The van der Waals surface area contributed by atoms with Crippen LogP contribution in [0.5, 0.6) is 0 Å². The van der Waals surface area contributed by atoms with E-state index in [2.05, 4.69) is 4.37 Å². The average Bonchev–Trinajstić information content (AvgIpc) is 2.84. The third-order valence-corrected chi connectivity index (χ3v) is 6.17. The van der Waals surface area contributed by atoms with E-state index in [4.69, 9.17) is 17.3 Å². The van der Waals surface area contributed by atoms with E-state index >= 15 is 0 Å². The highest BCUT2D eigenvalue weighted by Crippen LogP contribution is 2.35. The molecule has 0 radical (unpaired) electrons. The summed E-state index contributed by atoms with van der Waals surface area (Å²) >= 11 is 6.95. The molecule has 0 saturated carbocycles. The zero-order chi connectivity index (χ0) is 15.6. The van der Waals surface area contributed by atoms with Crippen molar-refractivity contribution in [1.29, 1.82) is 0 Å². The molecule has 0 spiro atoms. The second-order valence-corrected chi connectivity index (χ2v) is 7.99. The number of benzene rings is 1. The number of aromatic nitrogens is 1. The fraction of sp³-hybridized carbons (Fsp3) is 0.308. The van der Waals surface area contributed by atoms with Crippen molar-refractivity contribution >= 4 is 43.8 Å². The van der Waals surface area contributed by atoms with Crippen LogP contribution in [0.25, 0.3) is 0 Å². The second-order valence-electron chi connectivity index (χ2n) is 4.59. The number of hydrogen-bond donors (Lipinski definition) is 1. The highest BCUT2D eigenvalue weighted by Gasteiger charge is 2.26. The molecule has 0 atom stereocenters. The molecule has 0 aliphatic rings. The summed E-state index contributed by atoms with van der Waals surface area (Å²) in [7, 11) is -1.58. The lowest BCUT2D eigenvalue weighted by Crippen LogP contribution is -2.18. The highest BCUT2D eigenvalue weighted by molar-refractivity contribution is 7.91. The molecule has 21 heavy (non-hydrogen) atoms. The summed E-state index contributed by atoms with van der Waals surface area (Å²) < 4.78 is 28.3. The van der Waals surface area contributed by atoms with Crippen LogP contribution in [0.1, 0.15) is 12.5 Å². The molecule has 0 aliphatic heterocycles. The smallest absolute Gasteiger partial charge is 0.184 e. The molecule has 1 aromatic carbocycles. The summed E-state index contributed by atoms with van der Waals surface area (Å²) in [6, 6.07) is 7.40. The molecule has 8 heteroatoms. The van der Waals surface area contributed by atoms with Crippen molar-refractivity contribution in [2.45, 2.75) is 18.4 Å². The van der Waals surface area contributed by atoms with Gasteiger partial charge >= 0.3 is 0 Å². The lowest BCUT2D eigenvalue weighted by Gasteiger charge is -2.18. The van der Waals surface area contributed by atoms with Crippen LogP contribution in [0.2, 0.25) is 5.02 Å². The first kappa shape index (κ1) is 16.1. The molecule has 1 heterocycles. The Morgan fingerprint density at radius 1 is 1.33 bits per heavy atom. The fourth-order valence-corrected chi connectivity index (χ4v) is 4.32. The van der Waals surface area contributed by atoms with E-state index in [0.717, 1.165) is 17.1 Å². The maximum atomic E-state index is 12.1. The van der Waals surface area contributed by atoms with Crippen LogP contribution in [-0.4, -0.2) is 25.6 Å². The molecule has 0 aliphatic carbocycles. The highest BCUT2D eigenvalue weighted by atomic mass is 35.5. The number of nitrogens with zero attached hydrogens (tertiary/aromatic N) is 2. The minimum absolute atomic E-state index is 0.00258. The quantitative estimate of drug-likeness (QED) is 0.901. The van der Waals surface area contributed by atoms with Crippen molar-refractivity contribution < 1.29 is 8.42 Å². The molecule has 0 unspecified atom stereocenters. The molecule has 0 fully saturated rings. The van der Waals surface area contributed by atoms with E-state index in [-0.39, 0.29) is 16.5 Å². The second kappa shape index (κ2) is 6.21. The SMILES string of the molecule is CCS(=O)(=O)c1c(N)nsc1N(C)Cc1ccc(Cl)cc1. The van der Waals surface area contributed by atoms with E-state index in [0.29, 0.717) is 16.6 Å². The molecule has 2 rings (SSSR count). The van der Waals surface area contributed by atoms with Gasteiger partial charge in [0.15, 0.2) is 15.7 Å². The molecular formula is C13H16ClN3O2S2. The predicted molar refractivity (Wildman–Crippen MR) is 87.8 cm³/mol. The van der Waals surface area contributed by atoms with Crippen molar-refractivity contribution in [1.82, 2.24) is 4.37 Å². The van der Waals surface area contributed by atoms with Gasteiger partial charge in [-0.2, -0.15) is 4.37 Å². The Kier molecular flexibility index (Phi) is 4.75. The summed E-state index contributed by atoms with van der Waals surface area (Å²) in [4.78, 5) is 1.96. The number of halogens is 1. The summed E-state index contributed by atoms with van der Waals surface area (Å²) in [5.41, 5.74) is 6.75. The summed E-state index contributed by atoms with van der Waals surface area (Å²) in [6.45, 7) is 2.14. The minimum Gasteiger partial charge on any atom is -0.382 e. The van der Waals surface area contributed by atoms with Gasteiger partial charge in [0.05, 0.1) is 5.75 Å². The Balaban J connectivity index is 2.32. The third kappa shape index (κ3) is 3.48. The number of sulfone groups is 1. The molecule has 1 aromatic heterocycles. The zero-order valence-electron chi connectivity index (χ0n) is 11.7. The van der Waals surface area contributed by atoms with Crippen LogP contribution in [-0.2, 0) is 16.4 Å². The third-order valence-electron chi connectivity index (χ3n) is 3.03. The number of nitrogens with two attached hydrogens (primary N) is 1. The van der Waals surface area contributed by atoms with Gasteiger partial charge in [0, 0.05) is 18.6 Å². The number of hydrogen-bond acceptors (Lipinski definition) is 6. The zero-order valence-corrected chi connectivity index (χ0v) is 14.1. The maximum Gasteiger partial charge on any atom is 0.184 e. The molecule has 2 N–H and O–H groups in total.